The Morgan fingerprint density at radius 2 is 2.10 bits per heavy atom. The average molecular weight is 299 g/mol. The fraction of sp³-hybridized carbons (Fsp3) is 0.167. The van der Waals surface area contributed by atoms with Gasteiger partial charge in [0, 0.05) is 13.2 Å². The molecular weight excluding hydrogens is 287 g/mol. The van der Waals surface area contributed by atoms with Crippen molar-refractivity contribution in [2.45, 2.75) is 6.18 Å². The fourth-order valence-corrected chi connectivity index (χ4v) is 1.72. The van der Waals surface area contributed by atoms with Crippen LogP contribution in [0, 0.1) is 0 Å². The third-order valence-corrected chi connectivity index (χ3v) is 2.71. The minimum absolute atomic E-state index is 0.0874. The molecule has 0 aliphatic carbocycles. The maximum Gasteiger partial charge on any atom is 0.416 e. The van der Waals surface area contributed by atoms with Crippen molar-refractivity contribution >= 4 is 17.3 Å². The lowest BCUT2D eigenvalue weighted by Crippen LogP contribution is -2.18. The third-order valence-electron chi connectivity index (χ3n) is 2.71. The highest BCUT2D eigenvalue weighted by Gasteiger charge is 2.31. The summed E-state index contributed by atoms with van der Waals surface area (Å²) in [4.78, 5) is 12.1. The number of anilines is 2. The van der Waals surface area contributed by atoms with Gasteiger partial charge in [-0.15, -0.1) is 0 Å². The van der Waals surface area contributed by atoms with E-state index in [2.05, 4.69) is 15.8 Å². The van der Waals surface area contributed by atoms with Crippen LogP contribution < -0.4 is 16.6 Å². The topological polar surface area (TPSA) is 85.0 Å². The average Bonchev–Trinajstić information content (AvgIpc) is 2.82. The summed E-state index contributed by atoms with van der Waals surface area (Å²) in [7, 11) is 1.65. The van der Waals surface area contributed by atoms with Crippen molar-refractivity contribution in [3.05, 3.63) is 41.7 Å². The number of hydrogen-bond acceptors (Lipinski definition) is 4. The lowest BCUT2D eigenvalue weighted by Gasteiger charge is -2.12. The van der Waals surface area contributed by atoms with E-state index in [9.17, 15) is 18.0 Å². The van der Waals surface area contributed by atoms with Crippen LogP contribution in [0.15, 0.2) is 30.6 Å². The van der Waals surface area contributed by atoms with Crippen LogP contribution in [0.25, 0.3) is 0 Å². The van der Waals surface area contributed by atoms with Crippen LogP contribution in [-0.2, 0) is 13.2 Å². The second kappa shape index (κ2) is 5.44. The minimum Gasteiger partial charge on any atom is -0.323 e. The first-order valence-electron chi connectivity index (χ1n) is 5.79. The van der Waals surface area contributed by atoms with Gasteiger partial charge in [-0.05, 0) is 18.2 Å². The van der Waals surface area contributed by atoms with E-state index < -0.39 is 17.6 Å². The number of benzene rings is 1. The molecule has 0 saturated carbocycles. The smallest absolute Gasteiger partial charge is 0.323 e. The number of carbonyl (C=O) groups is 1. The number of hydrazine groups is 1. The summed E-state index contributed by atoms with van der Waals surface area (Å²) >= 11 is 0. The van der Waals surface area contributed by atoms with Crippen molar-refractivity contribution in [2.24, 2.45) is 12.9 Å². The Hall–Kier alpha value is -2.55. The number of nitrogen functional groups attached to an aromatic ring is 1. The molecule has 4 N–H and O–H groups in total. The molecule has 9 heteroatoms. The van der Waals surface area contributed by atoms with Crippen molar-refractivity contribution in [3.63, 3.8) is 0 Å². The summed E-state index contributed by atoms with van der Waals surface area (Å²) in [6, 6.07) is 2.68. The number of halogens is 3. The molecule has 1 amide bonds. The monoisotopic (exact) mass is 299 g/mol. The number of aromatic nitrogens is 2. The highest BCUT2D eigenvalue weighted by Crippen LogP contribution is 2.31. The molecule has 21 heavy (non-hydrogen) atoms. The first-order chi connectivity index (χ1) is 9.81. The normalized spacial score (nSPS) is 11.3. The van der Waals surface area contributed by atoms with Gasteiger partial charge in [-0.2, -0.15) is 18.3 Å². The van der Waals surface area contributed by atoms with Gasteiger partial charge in [0.25, 0.3) is 5.91 Å². The van der Waals surface area contributed by atoms with E-state index in [1.807, 2.05) is 0 Å². The largest absolute Gasteiger partial charge is 0.416 e. The lowest BCUT2D eigenvalue weighted by molar-refractivity contribution is -0.137. The van der Waals surface area contributed by atoms with E-state index >= 15 is 0 Å². The lowest BCUT2D eigenvalue weighted by atomic mass is 10.1. The fourth-order valence-electron chi connectivity index (χ4n) is 1.72. The van der Waals surface area contributed by atoms with Gasteiger partial charge >= 0.3 is 6.18 Å². The molecule has 0 radical (unpaired) electrons. The number of alkyl halides is 3. The predicted molar refractivity (Wildman–Crippen MR) is 70.4 cm³/mol. The quantitative estimate of drug-likeness (QED) is 0.597. The number of hydrogen-bond donors (Lipinski definition) is 3. The molecule has 0 spiro atoms. The number of amides is 1. The highest BCUT2D eigenvalue weighted by atomic mass is 19.4. The zero-order valence-corrected chi connectivity index (χ0v) is 10.9. The Balaban J connectivity index is 2.34. The molecule has 1 aromatic carbocycles. The molecule has 0 unspecified atom stereocenters. The van der Waals surface area contributed by atoms with E-state index in [4.69, 9.17) is 5.84 Å². The predicted octanol–water partition coefficient (Wildman–Crippen LogP) is 1.98. The van der Waals surface area contributed by atoms with Gasteiger partial charge in [0.05, 0.1) is 28.7 Å². The molecule has 6 nitrogen and oxygen atoms in total. The van der Waals surface area contributed by atoms with E-state index in [-0.39, 0.29) is 11.3 Å². The molecule has 1 aromatic heterocycles. The SMILES string of the molecule is Cn1cc(NC(=O)c2cc(C(F)(F)F)ccc2NN)cn1. The molecule has 2 aromatic rings. The van der Waals surface area contributed by atoms with Gasteiger partial charge in [-0.3, -0.25) is 15.3 Å². The van der Waals surface area contributed by atoms with E-state index in [0.29, 0.717) is 5.69 Å². The summed E-state index contributed by atoms with van der Waals surface area (Å²) < 4.78 is 39.5. The number of rotatable bonds is 3. The molecule has 0 fully saturated rings. The van der Waals surface area contributed by atoms with E-state index in [1.165, 1.54) is 17.1 Å². The number of nitrogens with zero attached hydrogens (tertiary/aromatic N) is 2. The van der Waals surface area contributed by atoms with Crippen molar-refractivity contribution in [2.75, 3.05) is 10.7 Å². The summed E-state index contributed by atoms with van der Waals surface area (Å²) in [6.07, 6.45) is -1.65. The van der Waals surface area contributed by atoms with Crippen LogP contribution in [0.2, 0.25) is 0 Å². The standard InChI is InChI=1S/C12H12F3N5O/c1-20-6-8(5-17-20)18-11(21)9-4-7(12(13,14)15)2-3-10(9)19-16/h2-6,19H,16H2,1H3,(H,18,21). The minimum atomic E-state index is -4.55. The molecular formula is C12H12F3N5O. The van der Waals surface area contributed by atoms with Crippen LogP contribution in [0.1, 0.15) is 15.9 Å². The zero-order chi connectivity index (χ0) is 15.6. The highest BCUT2D eigenvalue weighted by molar-refractivity contribution is 6.08. The van der Waals surface area contributed by atoms with Crippen molar-refractivity contribution < 1.29 is 18.0 Å². The van der Waals surface area contributed by atoms with Crippen LogP contribution in [0.5, 0.6) is 0 Å². The van der Waals surface area contributed by atoms with Gasteiger partial charge in [-0.25, -0.2) is 0 Å². The summed E-state index contributed by atoms with van der Waals surface area (Å²) in [5.41, 5.74) is 1.50. The number of nitrogens with two attached hydrogens (primary N) is 1. The Kier molecular flexibility index (Phi) is 3.85. The second-order valence-electron chi connectivity index (χ2n) is 4.26. The molecule has 0 atom stereocenters. The maximum atomic E-state index is 12.7. The number of nitrogens with one attached hydrogen (secondary N) is 2. The molecule has 1 heterocycles. The Morgan fingerprint density at radius 1 is 1.38 bits per heavy atom. The van der Waals surface area contributed by atoms with Crippen LogP contribution >= 0.6 is 0 Å². The van der Waals surface area contributed by atoms with E-state index in [0.717, 1.165) is 18.2 Å². The molecule has 0 bridgehead atoms. The van der Waals surface area contributed by atoms with Gasteiger partial charge in [0.15, 0.2) is 0 Å². The number of carbonyl (C=O) groups excluding carboxylic acids is 1. The third kappa shape index (κ3) is 3.31. The van der Waals surface area contributed by atoms with Crippen LogP contribution in [-0.4, -0.2) is 15.7 Å². The first-order valence-corrected chi connectivity index (χ1v) is 5.79. The molecule has 0 saturated heterocycles. The molecule has 112 valence electrons. The Labute approximate surface area is 117 Å². The molecule has 2 rings (SSSR count). The van der Waals surface area contributed by atoms with Gasteiger partial charge < -0.3 is 10.7 Å². The van der Waals surface area contributed by atoms with Crippen LogP contribution in [0.4, 0.5) is 24.5 Å². The summed E-state index contributed by atoms with van der Waals surface area (Å²) in [6.45, 7) is 0. The molecule has 0 aliphatic heterocycles. The zero-order valence-electron chi connectivity index (χ0n) is 10.9. The Morgan fingerprint density at radius 3 is 2.62 bits per heavy atom. The van der Waals surface area contributed by atoms with Crippen molar-refractivity contribution in [1.82, 2.24) is 9.78 Å². The van der Waals surface area contributed by atoms with E-state index in [1.54, 1.807) is 7.05 Å². The summed E-state index contributed by atoms with van der Waals surface area (Å²) in [5, 5.41) is 6.29. The Bertz CT molecular complexity index is 665. The van der Waals surface area contributed by atoms with Crippen molar-refractivity contribution in [1.29, 1.82) is 0 Å². The number of aryl methyl sites for hydroxylation is 1. The van der Waals surface area contributed by atoms with Gasteiger partial charge in [-0.1, -0.05) is 0 Å². The van der Waals surface area contributed by atoms with Crippen LogP contribution in [0.3, 0.4) is 0 Å². The molecule has 0 aliphatic rings. The van der Waals surface area contributed by atoms with Crippen molar-refractivity contribution in [3.8, 4) is 0 Å². The van der Waals surface area contributed by atoms with Gasteiger partial charge in [0.1, 0.15) is 0 Å². The second-order valence-corrected chi connectivity index (χ2v) is 4.26. The first kappa shape index (κ1) is 14.9. The maximum absolute atomic E-state index is 12.7. The van der Waals surface area contributed by atoms with Gasteiger partial charge in [0.2, 0.25) is 0 Å². The summed E-state index contributed by atoms with van der Waals surface area (Å²) in [5.74, 6) is 4.50.